The number of halogens is 3. The molecule has 0 radical (unpaired) electrons. The summed E-state index contributed by atoms with van der Waals surface area (Å²) in [6, 6.07) is 4.15. The Hall–Kier alpha value is -2.48. The highest BCUT2D eigenvalue weighted by Gasteiger charge is 2.59. The van der Waals surface area contributed by atoms with Gasteiger partial charge >= 0.3 is 5.97 Å². The Balaban J connectivity index is 1.42. The van der Waals surface area contributed by atoms with Crippen LogP contribution in [0.1, 0.15) is 24.8 Å². The van der Waals surface area contributed by atoms with E-state index in [0.29, 0.717) is 25.5 Å². The van der Waals surface area contributed by atoms with Crippen LogP contribution in [0.15, 0.2) is 24.4 Å². The molecule has 0 amide bonds. The number of carboxylic acid groups (broad SMARTS) is 1. The summed E-state index contributed by atoms with van der Waals surface area (Å²) in [7, 11) is 0. The molecule has 9 heteroatoms. The number of piperidine rings is 1. The lowest BCUT2D eigenvalue weighted by Gasteiger charge is -2.32. The van der Waals surface area contributed by atoms with Gasteiger partial charge in [0.15, 0.2) is 0 Å². The molecular weight excluding hydrogens is 392 g/mol. The zero-order chi connectivity index (χ0) is 19.9. The van der Waals surface area contributed by atoms with Crippen molar-refractivity contribution in [1.29, 1.82) is 0 Å². The molecule has 1 aromatic heterocycles. The van der Waals surface area contributed by atoms with Gasteiger partial charge in [-0.15, -0.1) is 0 Å². The maximum absolute atomic E-state index is 14.0. The van der Waals surface area contributed by atoms with Crippen LogP contribution in [-0.2, 0) is 11.4 Å². The van der Waals surface area contributed by atoms with Gasteiger partial charge in [0, 0.05) is 23.7 Å². The third-order valence-electron chi connectivity index (χ3n) is 5.61. The Labute approximate surface area is 165 Å². The van der Waals surface area contributed by atoms with Crippen LogP contribution in [0.2, 0.25) is 5.02 Å². The Bertz CT molecular complexity index is 919. The van der Waals surface area contributed by atoms with Crippen molar-refractivity contribution in [2.45, 2.75) is 25.9 Å². The number of anilines is 1. The van der Waals surface area contributed by atoms with Crippen molar-refractivity contribution < 1.29 is 23.4 Å². The van der Waals surface area contributed by atoms with E-state index in [1.165, 1.54) is 12.1 Å². The van der Waals surface area contributed by atoms with Crippen molar-refractivity contribution >= 4 is 23.5 Å². The number of aliphatic carboxylic acids is 1. The highest BCUT2D eigenvalue weighted by atomic mass is 35.5. The molecule has 4 rings (SSSR count). The minimum atomic E-state index is -0.739. The van der Waals surface area contributed by atoms with Crippen molar-refractivity contribution in [2.24, 2.45) is 11.3 Å². The molecule has 28 heavy (non-hydrogen) atoms. The number of benzene rings is 1. The maximum atomic E-state index is 14.0. The van der Waals surface area contributed by atoms with Crippen LogP contribution >= 0.6 is 11.6 Å². The average molecular weight is 410 g/mol. The molecule has 2 heterocycles. The van der Waals surface area contributed by atoms with E-state index in [9.17, 15) is 18.7 Å². The number of ether oxygens (including phenoxy) is 1. The fourth-order valence-corrected chi connectivity index (χ4v) is 3.94. The van der Waals surface area contributed by atoms with Crippen molar-refractivity contribution in [3.63, 3.8) is 0 Å². The topological polar surface area (TPSA) is 75.5 Å². The number of hydrogen-bond acceptors (Lipinski definition) is 5. The van der Waals surface area contributed by atoms with E-state index in [4.69, 9.17) is 16.3 Å². The number of carboxylic acids is 1. The molecule has 6 nitrogen and oxygen atoms in total. The highest BCUT2D eigenvalue weighted by molar-refractivity contribution is 6.30. The zero-order valence-corrected chi connectivity index (χ0v) is 15.6. The molecule has 1 aliphatic heterocycles. The predicted molar refractivity (Wildman–Crippen MR) is 97.4 cm³/mol. The van der Waals surface area contributed by atoms with Gasteiger partial charge in [-0.1, -0.05) is 17.7 Å². The average Bonchev–Trinajstić information content (AvgIpc) is 3.37. The van der Waals surface area contributed by atoms with Gasteiger partial charge in [0.25, 0.3) is 5.88 Å². The first kappa shape index (κ1) is 18.9. The summed E-state index contributed by atoms with van der Waals surface area (Å²) < 4.78 is 33.2. The number of carbonyl (C=O) groups is 1. The smallest absolute Gasteiger partial charge is 0.307 e. The van der Waals surface area contributed by atoms with Crippen molar-refractivity contribution in [3.05, 3.63) is 46.6 Å². The summed E-state index contributed by atoms with van der Waals surface area (Å²) in [4.78, 5) is 21.2. The molecule has 0 bridgehead atoms. The molecule has 2 fully saturated rings. The van der Waals surface area contributed by atoms with E-state index in [0.717, 1.165) is 25.1 Å². The number of aromatic nitrogens is 2. The van der Waals surface area contributed by atoms with E-state index >= 15 is 0 Å². The highest BCUT2D eigenvalue weighted by Crippen LogP contribution is 2.59. The summed E-state index contributed by atoms with van der Waals surface area (Å²) in [5, 5.41) is 9.44. The van der Waals surface area contributed by atoms with Crippen LogP contribution < -0.4 is 9.64 Å². The summed E-state index contributed by atoms with van der Waals surface area (Å²) in [5.74, 6) is -2.22. The third kappa shape index (κ3) is 3.61. The van der Waals surface area contributed by atoms with Crippen molar-refractivity contribution in [2.75, 3.05) is 18.0 Å². The van der Waals surface area contributed by atoms with Gasteiger partial charge in [-0.05, 0) is 36.8 Å². The maximum Gasteiger partial charge on any atom is 0.307 e. The second-order valence-corrected chi connectivity index (χ2v) is 7.73. The van der Waals surface area contributed by atoms with Crippen LogP contribution in [0.3, 0.4) is 0 Å². The Kier molecular flexibility index (Phi) is 4.82. The first-order valence-corrected chi connectivity index (χ1v) is 9.33. The van der Waals surface area contributed by atoms with E-state index < -0.39 is 17.6 Å². The van der Waals surface area contributed by atoms with Gasteiger partial charge in [-0.25, -0.2) is 9.37 Å². The lowest BCUT2D eigenvalue weighted by atomic mass is 9.91. The molecule has 1 N–H and O–H groups in total. The lowest BCUT2D eigenvalue weighted by Crippen LogP contribution is -2.36. The van der Waals surface area contributed by atoms with E-state index in [1.807, 2.05) is 4.90 Å². The summed E-state index contributed by atoms with van der Waals surface area (Å²) in [6.45, 7) is 1.00. The van der Waals surface area contributed by atoms with Crippen molar-refractivity contribution in [3.8, 4) is 5.88 Å². The molecule has 2 aliphatic rings. The molecule has 1 atom stereocenters. The third-order valence-corrected chi connectivity index (χ3v) is 5.84. The molecule has 1 saturated heterocycles. The normalized spacial score (nSPS) is 20.2. The Morgan fingerprint density at radius 3 is 2.71 bits per heavy atom. The van der Waals surface area contributed by atoms with Gasteiger partial charge in [0.2, 0.25) is 11.8 Å². The number of rotatable bonds is 5. The van der Waals surface area contributed by atoms with Crippen molar-refractivity contribution in [1.82, 2.24) is 9.97 Å². The van der Waals surface area contributed by atoms with Gasteiger partial charge in [-0.3, -0.25) is 4.79 Å². The molecule has 148 valence electrons. The molecule has 1 aliphatic carbocycles. The number of hydrogen-bond donors (Lipinski definition) is 1. The minimum Gasteiger partial charge on any atom is -0.481 e. The number of nitrogens with zero attached hydrogens (tertiary/aromatic N) is 3. The fourth-order valence-electron chi connectivity index (χ4n) is 3.78. The van der Waals surface area contributed by atoms with Crippen LogP contribution in [0.5, 0.6) is 5.88 Å². The first-order valence-electron chi connectivity index (χ1n) is 8.95. The minimum absolute atomic E-state index is 0.117. The zero-order valence-electron chi connectivity index (χ0n) is 14.9. The fraction of sp³-hybridized carbons (Fsp3) is 0.421. The second kappa shape index (κ2) is 7.16. The molecule has 1 unspecified atom stereocenters. The van der Waals surface area contributed by atoms with Crippen LogP contribution in [0.4, 0.5) is 14.7 Å². The first-order chi connectivity index (χ1) is 13.4. The lowest BCUT2D eigenvalue weighted by molar-refractivity contribution is -0.139. The molecular formula is C19H18ClF2N3O3. The van der Waals surface area contributed by atoms with Gasteiger partial charge in [0.05, 0.1) is 12.1 Å². The molecule has 1 aromatic carbocycles. The Morgan fingerprint density at radius 1 is 1.32 bits per heavy atom. The van der Waals surface area contributed by atoms with Gasteiger partial charge in [-0.2, -0.15) is 9.37 Å². The molecule has 1 saturated carbocycles. The molecule has 2 aromatic rings. The summed E-state index contributed by atoms with van der Waals surface area (Å²) >= 11 is 5.72. The van der Waals surface area contributed by atoms with Crippen LogP contribution in [0, 0.1) is 23.0 Å². The van der Waals surface area contributed by atoms with Gasteiger partial charge < -0.3 is 14.7 Å². The second-order valence-electron chi connectivity index (χ2n) is 7.29. The van der Waals surface area contributed by atoms with Gasteiger partial charge in [0.1, 0.15) is 12.4 Å². The largest absolute Gasteiger partial charge is 0.481 e. The van der Waals surface area contributed by atoms with Crippen LogP contribution in [0.25, 0.3) is 0 Å². The quantitative estimate of drug-likeness (QED) is 0.812. The monoisotopic (exact) mass is 409 g/mol. The standard InChI is InChI=1S/C19H18ClF2N3O3/c20-12-2-1-11(14(21)7-12)10-28-16-15(22)9-23-18(24-16)25-5-3-19(4-6-25)8-13(19)17(26)27/h1-2,7,9,13H,3-6,8,10H2,(H,26,27). The molecule has 1 spiro atoms. The summed E-state index contributed by atoms with van der Waals surface area (Å²) in [5.41, 5.74) is 0.116. The SMILES string of the molecule is O=C(O)C1CC12CCN(c1ncc(F)c(OCc3ccc(Cl)cc3F)n1)CC2. The summed E-state index contributed by atoms with van der Waals surface area (Å²) in [6.07, 6.45) is 3.20. The predicted octanol–water partition coefficient (Wildman–Crippen LogP) is 3.68. The van der Waals surface area contributed by atoms with E-state index in [1.54, 1.807) is 0 Å². The van der Waals surface area contributed by atoms with Crippen LogP contribution in [-0.4, -0.2) is 34.1 Å². The van der Waals surface area contributed by atoms with E-state index in [-0.39, 0.29) is 34.4 Å². The van der Waals surface area contributed by atoms with E-state index in [2.05, 4.69) is 9.97 Å². The Morgan fingerprint density at radius 2 is 2.07 bits per heavy atom.